The minimum atomic E-state index is -0.738. The average Bonchev–Trinajstić information content (AvgIpc) is 3.26. The molecule has 0 saturated carbocycles. The van der Waals surface area contributed by atoms with E-state index in [0.29, 0.717) is 13.1 Å². The summed E-state index contributed by atoms with van der Waals surface area (Å²) < 4.78 is 5.11. The van der Waals surface area contributed by atoms with Crippen molar-refractivity contribution in [2.24, 2.45) is 0 Å². The third-order valence-electron chi connectivity index (χ3n) is 4.80. The predicted molar refractivity (Wildman–Crippen MR) is 92.8 cm³/mol. The van der Waals surface area contributed by atoms with Gasteiger partial charge < -0.3 is 14.6 Å². The molecule has 2 aromatic heterocycles. The molecule has 130 valence electrons. The van der Waals surface area contributed by atoms with Crippen LogP contribution in [0.1, 0.15) is 38.5 Å². The van der Waals surface area contributed by atoms with Gasteiger partial charge in [-0.2, -0.15) is 0 Å². The average molecular weight is 358 g/mol. The number of carbonyl (C=O) groups is 2. The van der Waals surface area contributed by atoms with Crippen molar-refractivity contribution >= 4 is 23.2 Å². The minimum Gasteiger partial charge on any atom is -0.452 e. The lowest BCUT2D eigenvalue weighted by Crippen LogP contribution is -2.38. The molecule has 0 unspecified atom stereocenters. The van der Waals surface area contributed by atoms with E-state index in [1.165, 1.54) is 4.88 Å². The van der Waals surface area contributed by atoms with Gasteiger partial charge in [0.25, 0.3) is 11.5 Å². The normalized spacial score (nSPS) is 15.6. The van der Waals surface area contributed by atoms with E-state index in [-0.39, 0.29) is 18.1 Å². The van der Waals surface area contributed by atoms with Crippen LogP contribution >= 0.6 is 11.3 Å². The molecule has 25 heavy (non-hydrogen) atoms. The highest BCUT2D eigenvalue weighted by atomic mass is 32.1. The molecule has 0 aromatic carbocycles. The van der Waals surface area contributed by atoms with E-state index in [9.17, 15) is 14.4 Å². The van der Waals surface area contributed by atoms with Gasteiger partial charge in [-0.05, 0) is 54.3 Å². The lowest BCUT2D eigenvalue weighted by molar-refractivity contribution is -0.135. The first kappa shape index (κ1) is 16.1. The number of nitrogens with one attached hydrogen (secondary N) is 1. The maximum atomic E-state index is 12.3. The number of H-pyrrole nitrogens is 1. The first-order valence-electron chi connectivity index (χ1n) is 8.37. The number of aromatic nitrogens is 1. The molecule has 1 aliphatic heterocycles. The summed E-state index contributed by atoms with van der Waals surface area (Å²) in [4.78, 5) is 42.3. The summed E-state index contributed by atoms with van der Waals surface area (Å²) in [5.74, 6) is -0.972. The fourth-order valence-corrected chi connectivity index (χ4v) is 4.31. The number of thiophene rings is 1. The second-order valence-corrected chi connectivity index (χ2v) is 7.38. The molecule has 0 atom stereocenters. The van der Waals surface area contributed by atoms with Gasteiger partial charge in [0.1, 0.15) is 5.56 Å². The number of aromatic amines is 1. The molecule has 1 aliphatic carbocycles. The number of hydrogen-bond donors (Lipinski definition) is 1. The van der Waals surface area contributed by atoms with E-state index in [0.717, 1.165) is 42.5 Å². The van der Waals surface area contributed by atoms with Gasteiger partial charge in [-0.3, -0.25) is 9.59 Å². The zero-order valence-electron chi connectivity index (χ0n) is 13.7. The summed E-state index contributed by atoms with van der Waals surface area (Å²) in [5.41, 5.74) is 2.58. The quantitative estimate of drug-likeness (QED) is 0.847. The Balaban J connectivity index is 1.39. The lowest BCUT2D eigenvalue weighted by Gasteiger charge is -2.26. The Bertz CT molecular complexity index is 899. The molecule has 4 rings (SSSR count). The van der Waals surface area contributed by atoms with E-state index < -0.39 is 11.5 Å². The Kier molecular flexibility index (Phi) is 4.17. The summed E-state index contributed by atoms with van der Waals surface area (Å²) in [6.45, 7) is 0.840. The van der Waals surface area contributed by atoms with Crippen LogP contribution in [0.4, 0.5) is 0 Å². The number of nitrogens with zero attached hydrogens (tertiary/aromatic N) is 1. The van der Waals surface area contributed by atoms with Gasteiger partial charge in [-0.1, -0.05) is 0 Å². The molecule has 7 heteroatoms. The molecule has 2 aliphatic rings. The number of pyridine rings is 1. The maximum absolute atomic E-state index is 12.3. The molecule has 2 aromatic rings. The van der Waals surface area contributed by atoms with Gasteiger partial charge in [0, 0.05) is 23.7 Å². The molecule has 0 spiro atoms. The Labute approximate surface area is 148 Å². The van der Waals surface area contributed by atoms with Gasteiger partial charge in [-0.15, -0.1) is 11.3 Å². The summed E-state index contributed by atoms with van der Waals surface area (Å²) in [6, 6.07) is 3.63. The molecule has 0 radical (unpaired) electrons. The molecule has 1 N–H and O–H groups in total. The summed E-state index contributed by atoms with van der Waals surface area (Å²) in [5, 5.41) is 2.03. The Morgan fingerprint density at radius 1 is 1.24 bits per heavy atom. The topological polar surface area (TPSA) is 79.5 Å². The van der Waals surface area contributed by atoms with Crippen LogP contribution in [0.3, 0.4) is 0 Å². The summed E-state index contributed by atoms with van der Waals surface area (Å²) in [6.07, 6.45) is 3.49. The van der Waals surface area contributed by atoms with Crippen LogP contribution in [0.25, 0.3) is 0 Å². The zero-order chi connectivity index (χ0) is 17.4. The van der Waals surface area contributed by atoms with Crippen LogP contribution in [0, 0.1) is 0 Å². The highest BCUT2D eigenvalue weighted by Crippen LogP contribution is 2.24. The van der Waals surface area contributed by atoms with Crippen LogP contribution < -0.4 is 5.56 Å². The molecule has 3 heterocycles. The molecule has 1 amide bonds. The van der Waals surface area contributed by atoms with Crippen LogP contribution in [0.15, 0.2) is 22.3 Å². The monoisotopic (exact) mass is 358 g/mol. The third kappa shape index (κ3) is 3.11. The van der Waals surface area contributed by atoms with Crippen LogP contribution in [0.5, 0.6) is 0 Å². The van der Waals surface area contributed by atoms with Crippen molar-refractivity contribution in [3.63, 3.8) is 0 Å². The van der Waals surface area contributed by atoms with E-state index in [1.54, 1.807) is 22.3 Å². The highest BCUT2D eigenvalue weighted by molar-refractivity contribution is 7.10. The third-order valence-corrected chi connectivity index (χ3v) is 5.82. The maximum Gasteiger partial charge on any atom is 0.344 e. The Hall–Kier alpha value is -2.41. The molecular weight excluding hydrogens is 340 g/mol. The first-order chi connectivity index (χ1) is 12.1. The smallest absolute Gasteiger partial charge is 0.344 e. The number of esters is 1. The van der Waals surface area contributed by atoms with Crippen molar-refractivity contribution in [1.29, 1.82) is 0 Å². The van der Waals surface area contributed by atoms with Gasteiger partial charge in [-0.25, -0.2) is 4.79 Å². The van der Waals surface area contributed by atoms with Crippen molar-refractivity contribution in [3.8, 4) is 0 Å². The number of ether oxygens (including phenoxy) is 1. The first-order valence-corrected chi connectivity index (χ1v) is 9.25. The minimum absolute atomic E-state index is 0.0211. The Morgan fingerprint density at radius 3 is 3.00 bits per heavy atom. The lowest BCUT2D eigenvalue weighted by atomic mass is 10.1. The van der Waals surface area contributed by atoms with Crippen LogP contribution in [0.2, 0.25) is 0 Å². The number of carbonyl (C=O) groups excluding carboxylic acids is 2. The second-order valence-electron chi connectivity index (χ2n) is 6.38. The molecule has 0 fully saturated rings. The van der Waals surface area contributed by atoms with Crippen molar-refractivity contribution in [1.82, 2.24) is 9.88 Å². The van der Waals surface area contributed by atoms with E-state index in [4.69, 9.17) is 4.74 Å². The largest absolute Gasteiger partial charge is 0.452 e. The van der Waals surface area contributed by atoms with Gasteiger partial charge in [0.15, 0.2) is 6.61 Å². The van der Waals surface area contributed by atoms with E-state index in [2.05, 4.69) is 4.98 Å². The van der Waals surface area contributed by atoms with Crippen molar-refractivity contribution in [2.45, 2.75) is 32.2 Å². The van der Waals surface area contributed by atoms with E-state index >= 15 is 0 Å². The fraction of sp³-hybridized carbons (Fsp3) is 0.389. The highest BCUT2D eigenvalue weighted by Gasteiger charge is 2.24. The predicted octanol–water partition coefficient (Wildman–Crippen LogP) is 1.67. The number of amides is 1. The molecule has 0 bridgehead atoms. The van der Waals surface area contributed by atoms with E-state index in [1.807, 2.05) is 11.4 Å². The number of fused-ring (bicyclic) bond motifs is 2. The zero-order valence-corrected chi connectivity index (χ0v) is 14.5. The van der Waals surface area contributed by atoms with Crippen molar-refractivity contribution in [2.75, 3.05) is 13.2 Å². The molecular formula is C18H18N2O4S. The molecule has 6 nitrogen and oxygen atoms in total. The van der Waals surface area contributed by atoms with Crippen molar-refractivity contribution in [3.05, 3.63) is 55.1 Å². The van der Waals surface area contributed by atoms with Crippen molar-refractivity contribution < 1.29 is 14.3 Å². The SMILES string of the molecule is O=C(OCC(=O)N1CCc2sccc2C1)c1cc2c([nH]c1=O)CCC2. The summed E-state index contributed by atoms with van der Waals surface area (Å²) >= 11 is 1.70. The molecule has 0 saturated heterocycles. The van der Waals surface area contributed by atoms with Gasteiger partial charge >= 0.3 is 5.97 Å². The Morgan fingerprint density at radius 2 is 2.12 bits per heavy atom. The number of rotatable bonds is 3. The standard InChI is InChI=1S/C18H18N2O4S/c21-16(20-6-4-15-12(9-20)5-7-25-15)10-24-18(23)13-8-11-2-1-3-14(11)19-17(13)22/h5,7-8H,1-4,6,9-10H2,(H,19,22). The van der Waals surface area contributed by atoms with Gasteiger partial charge in [0.2, 0.25) is 0 Å². The number of aryl methyl sites for hydroxylation is 2. The van der Waals surface area contributed by atoms with Gasteiger partial charge in [0.05, 0.1) is 0 Å². The van der Waals surface area contributed by atoms with Crippen LogP contribution in [-0.4, -0.2) is 34.9 Å². The van der Waals surface area contributed by atoms with Crippen LogP contribution in [-0.2, 0) is 35.3 Å². The second kappa shape index (κ2) is 6.48. The fourth-order valence-electron chi connectivity index (χ4n) is 3.42. The number of hydrogen-bond acceptors (Lipinski definition) is 5. The summed E-state index contributed by atoms with van der Waals surface area (Å²) in [7, 11) is 0.